The predicted octanol–water partition coefficient (Wildman–Crippen LogP) is 0.470. The van der Waals surface area contributed by atoms with Crippen molar-refractivity contribution in [3.63, 3.8) is 0 Å². The minimum absolute atomic E-state index is 0.0688. The van der Waals surface area contributed by atoms with Crippen LogP contribution in [-0.2, 0) is 19.2 Å². The van der Waals surface area contributed by atoms with Gasteiger partial charge in [0.15, 0.2) is 10.8 Å². The van der Waals surface area contributed by atoms with Gasteiger partial charge in [0, 0.05) is 11.1 Å². The maximum atomic E-state index is 12.8. The standard InChI is InChI=1S/C16H19N5O5S2/c1-7(2)5-26-20-10(8-6-28-16(17)18-8)12(22)19-11-13(23)21-9(15(24)25)3-4-27-14(11)21/h3,6-7,11,14H,4-5H2,1-2H3,(H2,17,18)(H,19,22)(H,24,25)/b20-10-/t11?,14-/m1/s1. The van der Waals surface area contributed by atoms with Gasteiger partial charge in [0.1, 0.15) is 29.4 Å². The number of nitrogens with two attached hydrogens (primary N) is 1. The third-order valence-electron chi connectivity index (χ3n) is 3.90. The summed E-state index contributed by atoms with van der Waals surface area (Å²) in [5.74, 6) is -1.66. The van der Waals surface area contributed by atoms with Crippen molar-refractivity contribution in [2.45, 2.75) is 25.3 Å². The van der Waals surface area contributed by atoms with Crippen LogP contribution in [0.4, 0.5) is 5.13 Å². The van der Waals surface area contributed by atoms with Crippen LogP contribution in [0.1, 0.15) is 19.5 Å². The molecule has 2 aliphatic heterocycles. The minimum atomic E-state index is -1.18. The molecule has 0 aromatic carbocycles. The van der Waals surface area contributed by atoms with Crippen molar-refractivity contribution in [2.75, 3.05) is 18.1 Å². The Morgan fingerprint density at radius 1 is 1.54 bits per heavy atom. The van der Waals surface area contributed by atoms with Gasteiger partial charge in [0.25, 0.3) is 11.8 Å². The molecular formula is C16H19N5O5S2. The summed E-state index contributed by atoms with van der Waals surface area (Å²) in [5, 5.41) is 17.1. The van der Waals surface area contributed by atoms with E-state index >= 15 is 0 Å². The first kappa shape index (κ1) is 20.1. The molecule has 150 valence electrons. The molecule has 1 saturated heterocycles. The normalized spacial score (nSPS) is 21.7. The molecule has 0 saturated carbocycles. The van der Waals surface area contributed by atoms with Gasteiger partial charge in [-0.1, -0.05) is 19.0 Å². The molecule has 1 unspecified atom stereocenters. The molecule has 0 radical (unpaired) electrons. The molecule has 10 nitrogen and oxygen atoms in total. The highest BCUT2D eigenvalue weighted by molar-refractivity contribution is 8.00. The number of carboxylic acids is 1. The average molecular weight is 425 g/mol. The summed E-state index contributed by atoms with van der Waals surface area (Å²) in [7, 11) is 0. The number of nitrogens with zero attached hydrogens (tertiary/aromatic N) is 3. The second-order valence-corrected chi connectivity index (χ2v) is 8.52. The molecule has 1 aromatic heterocycles. The van der Waals surface area contributed by atoms with Crippen molar-refractivity contribution in [1.82, 2.24) is 15.2 Å². The molecule has 2 amide bonds. The number of rotatable bonds is 7. The number of amides is 2. The predicted molar refractivity (Wildman–Crippen MR) is 105 cm³/mol. The van der Waals surface area contributed by atoms with E-state index in [0.717, 1.165) is 11.3 Å². The molecule has 3 heterocycles. The van der Waals surface area contributed by atoms with E-state index in [1.807, 2.05) is 13.8 Å². The van der Waals surface area contributed by atoms with Gasteiger partial charge in [-0.15, -0.1) is 23.1 Å². The smallest absolute Gasteiger partial charge is 0.352 e. The molecule has 1 fully saturated rings. The van der Waals surface area contributed by atoms with Gasteiger partial charge in [-0.05, 0) is 12.0 Å². The Morgan fingerprint density at radius 3 is 2.89 bits per heavy atom. The number of carboxylic acid groups (broad SMARTS) is 1. The van der Waals surface area contributed by atoms with Gasteiger partial charge in [0.05, 0.1) is 0 Å². The SMILES string of the molecule is CC(C)CO/N=C(\C(=O)NC1C(=O)N2C(C(=O)O)=CCS[C@H]12)c1csc(N)n1. The number of thioether (sulfide) groups is 1. The molecule has 0 bridgehead atoms. The zero-order valence-electron chi connectivity index (χ0n) is 15.1. The number of hydrogen-bond acceptors (Lipinski definition) is 9. The molecule has 0 aliphatic carbocycles. The van der Waals surface area contributed by atoms with Gasteiger partial charge in [-0.3, -0.25) is 14.5 Å². The number of anilines is 1. The first-order valence-corrected chi connectivity index (χ1v) is 10.3. The molecule has 2 atom stereocenters. The molecule has 2 aliphatic rings. The van der Waals surface area contributed by atoms with E-state index in [0.29, 0.717) is 12.4 Å². The van der Waals surface area contributed by atoms with E-state index in [1.165, 1.54) is 22.7 Å². The van der Waals surface area contributed by atoms with Crippen LogP contribution in [0.3, 0.4) is 0 Å². The zero-order chi connectivity index (χ0) is 20.4. The summed E-state index contributed by atoms with van der Waals surface area (Å²) in [6.07, 6.45) is 1.48. The Morgan fingerprint density at radius 2 is 2.29 bits per heavy atom. The largest absolute Gasteiger partial charge is 0.477 e. The van der Waals surface area contributed by atoms with Crippen molar-refractivity contribution in [3.05, 3.63) is 22.8 Å². The Hall–Kier alpha value is -2.60. The lowest BCUT2D eigenvalue weighted by atomic mass is 10.0. The Labute approximate surface area is 168 Å². The van der Waals surface area contributed by atoms with E-state index < -0.39 is 29.2 Å². The first-order chi connectivity index (χ1) is 13.3. The second kappa shape index (κ2) is 8.19. The fourth-order valence-corrected chi connectivity index (χ4v) is 4.34. The monoisotopic (exact) mass is 425 g/mol. The van der Waals surface area contributed by atoms with Crippen LogP contribution in [0.2, 0.25) is 0 Å². The van der Waals surface area contributed by atoms with Crippen LogP contribution in [-0.4, -0.2) is 62.3 Å². The van der Waals surface area contributed by atoms with E-state index in [2.05, 4.69) is 15.5 Å². The number of oxime groups is 1. The number of nitrogens with one attached hydrogen (secondary N) is 1. The van der Waals surface area contributed by atoms with Crippen LogP contribution >= 0.6 is 23.1 Å². The number of carbonyl (C=O) groups is 3. The van der Waals surface area contributed by atoms with Crippen molar-refractivity contribution < 1.29 is 24.3 Å². The summed E-state index contributed by atoms with van der Waals surface area (Å²) in [6.45, 7) is 4.18. The van der Waals surface area contributed by atoms with Crippen LogP contribution in [0.25, 0.3) is 0 Å². The quantitative estimate of drug-likeness (QED) is 0.324. The lowest BCUT2D eigenvalue weighted by Crippen LogP contribution is -2.70. The Bertz CT molecular complexity index is 865. The van der Waals surface area contributed by atoms with Crippen LogP contribution in [0.15, 0.2) is 22.3 Å². The van der Waals surface area contributed by atoms with E-state index in [9.17, 15) is 19.5 Å². The zero-order valence-corrected chi connectivity index (χ0v) is 16.7. The molecule has 28 heavy (non-hydrogen) atoms. The first-order valence-electron chi connectivity index (χ1n) is 8.40. The maximum absolute atomic E-state index is 12.8. The van der Waals surface area contributed by atoms with Gasteiger partial charge in [0.2, 0.25) is 0 Å². The Kier molecular flexibility index (Phi) is 5.89. The Balaban J connectivity index is 1.75. The minimum Gasteiger partial charge on any atom is -0.477 e. The molecule has 0 spiro atoms. The van der Waals surface area contributed by atoms with E-state index in [-0.39, 0.29) is 28.2 Å². The summed E-state index contributed by atoms with van der Waals surface area (Å²) >= 11 is 2.52. The lowest BCUT2D eigenvalue weighted by Gasteiger charge is -2.48. The molecular weight excluding hydrogens is 406 g/mol. The summed E-state index contributed by atoms with van der Waals surface area (Å²) in [5.41, 5.74) is 5.73. The van der Waals surface area contributed by atoms with Crippen LogP contribution < -0.4 is 11.1 Å². The van der Waals surface area contributed by atoms with Gasteiger partial charge >= 0.3 is 5.97 Å². The van der Waals surface area contributed by atoms with Crippen molar-refractivity contribution in [2.24, 2.45) is 11.1 Å². The van der Waals surface area contributed by atoms with Crippen LogP contribution in [0, 0.1) is 5.92 Å². The third kappa shape index (κ3) is 3.97. The number of thiazole rings is 1. The van der Waals surface area contributed by atoms with Crippen molar-refractivity contribution >= 4 is 51.7 Å². The van der Waals surface area contributed by atoms with Crippen molar-refractivity contribution in [1.29, 1.82) is 0 Å². The number of hydrogen-bond donors (Lipinski definition) is 3. The van der Waals surface area contributed by atoms with Gasteiger partial charge in [-0.25, -0.2) is 9.78 Å². The third-order valence-corrected chi connectivity index (χ3v) is 5.75. The lowest BCUT2D eigenvalue weighted by molar-refractivity contribution is -0.150. The fourth-order valence-electron chi connectivity index (χ4n) is 2.60. The summed E-state index contributed by atoms with van der Waals surface area (Å²) in [4.78, 5) is 46.9. The highest BCUT2D eigenvalue weighted by atomic mass is 32.2. The number of aromatic nitrogens is 1. The van der Waals surface area contributed by atoms with Gasteiger partial charge in [-0.2, -0.15) is 0 Å². The molecule has 1 aromatic rings. The fraction of sp³-hybridized carbons (Fsp3) is 0.438. The average Bonchev–Trinajstić information content (AvgIpc) is 3.07. The molecule has 3 rings (SSSR count). The van der Waals surface area contributed by atoms with Gasteiger partial charge < -0.3 is 21.0 Å². The second-order valence-electron chi connectivity index (χ2n) is 6.48. The maximum Gasteiger partial charge on any atom is 0.352 e. The van der Waals surface area contributed by atoms with E-state index in [4.69, 9.17) is 10.6 Å². The molecule has 12 heteroatoms. The number of fused-ring (bicyclic) bond motifs is 1. The van der Waals surface area contributed by atoms with Crippen molar-refractivity contribution in [3.8, 4) is 0 Å². The number of aliphatic carboxylic acids is 1. The molecule has 4 N–H and O–H groups in total. The summed E-state index contributed by atoms with van der Waals surface area (Å²) < 4.78 is 0. The highest BCUT2D eigenvalue weighted by Gasteiger charge is 2.53. The summed E-state index contributed by atoms with van der Waals surface area (Å²) in [6, 6.07) is -0.855. The number of β-lactam (4-membered cyclic amide) rings is 1. The number of carbonyl (C=O) groups excluding carboxylic acids is 2. The van der Waals surface area contributed by atoms with Crippen LogP contribution in [0.5, 0.6) is 0 Å². The van der Waals surface area contributed by atoms with E-state index in [1.54, 1.807) is 5.38 Å². The highest BCUT2D eigenvalue weighted by Crippen LogP contribution is 2.37. The topological polar surface area (TPSA) is 147 Å². The number of nitrogen functional groups attached to an aromatic ring is 1.